The van der Waals surface area contributed by atoms with Crippen molar-refractivity contribution in [1.29, 1.82) is 5.26 Å². The summed E-state index contributed by atoms with van der Waals surface area (Å²) >= 11 is 0. The van der Waals surface area contributed by atoms with Gasteiger partial charge >= 0.3 is 0 Å². The molecule has 0 aromatic heterocycles. The smallest absolute Gasteiger partial charge is 0.192 e. The molecule has 0 radical (unpaired) electrons. The summed E-state index contributed by atoms with van der Waals surface area (Å²) in [6.07, 6.45) is 2.44. The maximum Gasteiger partial charge on any atom is 0.192 e. The minimum atomic E-state index is -1.81. The van der Waals surface area contributed by atoms with Crippen molar-refractivity contribution in [3.8, 4) is 11.8 Å². The Bertz CT molecular complexity index is 954. The normalized spacial score (nSPS) is 17.9. The van der Waals surface area contributed by atoms with E-state index in [4.69, 9.17) is 18.6 Å². The molecule has 5 nitrogen and oxygen atoms in total. The van der Waals surface area contributed by atoms with Crippen molar-refractivity contribution in [3.63, 3.8) is 0 Å². The van der Waals surface area contributed by atoms with Gasteiger partial charge in [-0.25, -0.2) is 0 Å². The fourth-order valence-corrected chi connectivity index (χ4v) is 4.53. The highest BCUT2D eigenvalue weighted by molar-refractivity contribution is 6.74. The number of nitrogens with zero attached hydrogens (tertiary/aromatic N) is 1. The molecule has 2 aromatic carbocycles. The Kier molecular flexibility index (Phi) is 8.36. The first-order chi connectivity index (χ1) is 15.6. The van der Waals surface area contributed by atoms with Gasteiger partial charge in [0.25, 0.3) is 0 Å². The Morgan fingerprint density at radius 3 is 2.36 bits per heavy atom. The van der Waals surface area contributed by atoms with Gasteiger partial charge in [0, 0.05) is 6.61 Å². The number of methoxy groups -OCH3 is 1. The standard InChI is InChI=1S/C27H37NO4Si/c1-27(2,3)33(5,6)31-19-20-10-12-21(13-11-20)26(32-25-9-7-8-16-30-25)22-14-15-24(29-4)23(17-22)18-28/h10-15,17,25-26H,7-9,16,19H2,1-6H3. The zero-order chi connectivity index (χ0) is 24.1. The van der Waals surface area contributed by atoms with Crippen molar-refractivity contribution in [2.45, 2.75) is 77.2 Å². The second-order valence-corrected chi connectivity index (χ2v) is 15.0. The Morgan fingerprint density at radius 2 is 1.79 bits per heavy atom. The molecule has 2 unspecified atom stereocenters. The van der Waals surface area contributed by atoms with Gasteiger partial charge in [-0.15, -0.1) is 0 Å². The molecule has 1 fully saturated rings. The van der Waals surface area contributed by atoms with Crippen LogP contribution in [0.3, 0.4) is 0 Å². The number of benzene rings is 2. The van der Waals surface area contributed by atoms with Crippen molar-refractivity contribution in [2.75, 3.05) is 13.7 Å². The van der Waals surface area contributed by atoms with Crippen LogP contribution in [0.15, 0.2) is 42.5 Å². The first-order valence-electron chi connectivity index (χ1n) is 11.7. The van der Waals surface area contributed by atoms with Crippen LogP contribution in [0.2, 0.25) is 18.1 Å². The Balaban J connectivity index is 1.84. The van der Waals surface area contributed by atoms with Gasteiger partial charge in [-0.05, 0) is 66.2 Å². The number of hydrogen-bond donors (Lipinski definition) is 0. The van der Waals surface area contributed by atoms with E-state index < -0.39 is 8.32 Å². The molecule has 0 saturated carbocycles. The zero-order valence-corrected chi connectivity index (χ0v) is 21.8. The lowest BCUT2D eigenvalue weighted by Gasteiger charge is -2.36. The van der Waals surface area contributed by atoms with Gasteiger partial charge in [-0.2, -0.15) is 5.26 Å². The van der Waals surface area contributed by atoms with Gasteiger partial charge in [0.1, 0.15) is 17.9 Å². The topological polar surface area (TPSA) is 60.7 Å². The molecular weight excluding hydrogens is 430 g/mol. The second kappa shape index (κ2) is 10.8. The van der Waals surface area contributed by atoms with Gasteiger partial charge in [0.05, 0.1) is 19.3 Å². The van der Waals surface area contributed by atoms with Gasteiger partial charge in [0.2, 0.25) is 0 Å². The van der Waals surface area contributed by atoms with E-state index in [2.05, 4.69) is 64.2 Å². The molecule has 0 amide bonds. The van der Waals surface area contributed by atoms with Crippen LogP contribution in [0.5, 0.6) is 5.75 Å². The van der Waals surface area contributed by atoms with E-state index in [9.17, 15) is 5.26 Å². The molecule has 2 atom stereocenters. The third kappa shape index (κ3) is 6.45. The van der Waals surface area contributed by atoms with Crippen molar-refractivity contribution in [3.05, 3.63) is 64.7 Å². The predicted octanol–water partition coefficient (Wildman–Crippen LogP) is 6.72. The maximum atomic E-state index is 9.56. The largest absolute Gasteiger partial charge is 0.495 e. The fraction of sp³-hybridized carbons (Fsp3) is 0.519. The molecule has 2 aromatic rings. The van der Waals surface area contributed by atoms with Crippen molar-refractivity contribution >= 4 is 8.32 Å². The van der Waals surface area contributed by atoms with E-state index in [1.807, 2.05) is 18.2 Å². The van der Waals surface area contributed by atoms with Crippen molar-refractivity contribution in [2.24, 2.45) is 0 Å². The molecular formula is C27H37NO4Si. The summed E-state index contributed by atoms with van der Waals surface area (Å²) < 4.78 is 24.0. The SMILES string of the molecule is COc1ccc(C(OC2CCCCO2)c2ccc(CO[Si](C)(C)C(C)(C)C)cc2)cc1C#N. The summed E-state index contributed by atoms with van der Waals surface area (Å²) in [4.78, 5) is 0. The lowest BCUT2D eigenvalue weighted by atomic mass is 9.98. The van der Waals surface area contributed by atoms with Gasteiger partial charge < -0.3 is 18.6 Å². The molecule has 0 bridgehead atoms. The van der Waals surface area contributed by atoms with E-state index in [0.717, 1.165) is 36.0 Å². The summed E-state index contributed by atoms with van der Waals surface area (Å²) in [7, 11) is -0.235. The van der Waals surface area contributed by atoms with Crippen LogP contribution in [0.4, 0.5) is 0 Å². The van der Waals surface area contributed by atoms with E-state index in [1.54, 1.807) is 7.11 Å². The quantitative estimate of drug-likeness (QED) is 0.403. The minimum absolute atomic E-state index is 0.179. The molecule has 6 heteroatoms. The molecule has 0 aliphatic carbocycles. The molecule has 1 aliphatic heterocycles. The number of nitriles is 1. The van der Waals surface area contributed by atoms with Crippen LogP contribution in [0.1, 0.15) is 68.4 Å². The average Bonchev–Trinajstić information content (AvgIpc) is 2.81. The number of ether oxygens (including phenoxy) is 3. The number of hydrogen-bond acceptors (Lipinski definition) is 5. The third-order valence-corrected chi connectivity index (χ3v) is 11.2. The average molecular weight is 468 g/mol. The highest BCUT2D eigenvalue weighted by Crippen LogP contribution is 2.37. The molecule has 178 valence electrons. The first kappa shape index (κ1) is 25.4. The molecule has 33 heavy (non-hydrogen) atoms. The van der Waals surface area contributed by atoms with Gasteiger partial charge in [-0.3, -0.25) is 0 Å². The van der Waals surface area contributed by atoms with E-state index in [1.165, 1.54) is 0 Å². The van der Waals surface area contributed by atoms with Crippen LogP contribution in [0.25, 0.3) is 0 Å². The van der Waals surface area contributed by atoms with Crippen LogP contribution in [-0.2, 0) is 20.5 Å². The molecule has 1 aliphatic rings. The molecule has 1 heterocycles. The van der Waals surface area contributed by atoms with Crippen molar-refractivity contribution < 1.29 is 18.6 Å². The highest BCUT2D eigenvalue weighted by atomic mass is 28.4. The maximum absolute atomic E-state index is 9.56. The molecule has 3 rings (SSSR count). The summed E-state index contributed by atoms with van der Waals surface area (Å²) in [6.45, 7) is 12.6. The summed E-state index contributed by atoms with van der Waals surface area (Å²) in [5.41, 5.74) is 3.57. The van der Waals surface area contributed by atoms with Crippen LogP contribution in [0, 0.1) is 11.3 Å². The van der Waals surface area contributed by atoms with E-state index in [-0.39, 0.29) is 17.4 Å². The summed E-state index contributed by atoms with van der Waals surface area (Å²) in [5.74, 6) is 0.562. The summed E-state index contributed by atoms with van der Waals surface area (Å²) in [6, 6.07) is 16.3. The molecule has 0 N–H and O–H groups in total. The summed E-state index contributed by atoms with van der Waals surface area (Å²) in [5, 5.41) is 9.74. The molecule has 0 spiro atoms. The van der Waals surface area contributed by atoms with E-state index >= 15 is 0 Å². The lowest BCUT2D eigenvalue weighted by molar-refractivity contribution is -0.181. The minimum Gasteiger partial charge on any atom is -0.495 e. The highest BCUT2D eigenvalue weighted by Gasteiger charge is 2.37. The monoisotopic (exact) mass is 467 g/mol. The Hall–Kier alpha value is -2.17. The Labute approximate surface area is 199 Å². The predicted molar refractivity (Wildman–Crippen MR) is 133 cm³/mol. The van der Waals surface area contributed by atoms with Crippen molar-refractivity contribution in [1.82, 2.24) is 0 Å². The van der Waals surface area contributed by atoms with Gasteiger partial charge in [-0.1, -0.05) is 51.1 Å². The van der Waals surface area contributed by atoms with Crippen LogP contribution >= 0.6 is 0 Å². The second-order valence-electron chi connectivity index (χ2n) is 10.2. The van der Waals surface area contributed by atoms with Gasteiger partial charge in [0.15, 0.2) is 14.6 Å². The number of rotatable bonds is 8. The Morgan fingerprint density at radius 1 is 1.09 bits per heavy atom. The fourth-order valence-electron chi connectivity index (χ4n) is 3.56. The third-order valence-electron chi connectivity index (χ3n) is 6.76. The zero-order valence-electron chi connectivity index (χ0n) is 20.8. The first-order valence-corrected chi connectivity index (χ1v) is 14.6. The molecule has 1 saturated heterocycles. The van der Waals surface area contributed by atoms with E-state index in [0.29, 0.717) is 24.5 Å². The van der Waals surface area contributed by atoms with Crippen LogP contribution in [-0.4, -0.2) is 28.3 Å². The lowest BCUT2D eigenvalue weighted by Crippen LogP contribution is -2.40. The van der Waals surface area contributed by atoms with Crippen LogP contribution < -0.4 is 4.74 Å².